The maximum absolute atomic E-state index is 12.4. The molecule has 0 unspecified atom stereocenters. The van der Waals surface area contributed by atoms with Gasteiger partial charge in [-0.25, -0.2) is 8.42 Å². The van der Waals surface area contributed by atoms with Crippen LogP contribution in [0.25, 0.3) is 0 Å². The maximum atomic E-state index is 12.4. The Morgan fingerprint density at radius 1 is 1.15 bits per heavy atom. The van der Waals surface area contributed by atoms with Crippen LogP contribution in [0.1, 0.15) is 37.8 Å². The number of nitrogens with zero attached hydrogens (tertiary/aromatic N) is 1. The number of benzene rings is 1. The molecule has 0 bridgehead atoms. The maximum Gasteiger partial charge on any atom is 0.218 e. The van der Waals surface area contributed by atoms with Crippen LogP contribution in [0, 0.1) is 0 Å². The van der Waals surface area contributed by atoms with Crippen molar-refractivity contribution >= 4 is 10.0 Å². The summed E-state index contributed by atoms with van der Waals surface area (Å²) in [6.07, 6.45) is 2.02. The molecule has 1 fully saturated rings. The highest BCUT2D eigenvalue weighted by Crippen LogP contribution is 2.30. The van der Waals surface area contributed by atoms with Crippen molar-refractivity contribution < 1.29 is 8.42 Å². The van der Waals surface area contributed by atoms with Gasteiger partial charge < -0.3 is 5.32 Å². The number of rotatable bonds is 8. The van der Waals surface area contributed by atoms with Gasteiger partial charge in [0.05, 0.1) is 5.75 Å². The molecule has 1 aromatic carbocycles. The van der Waals surface area contributed by atoms with Crippen LogP contribution in [0.5, 0.6) is 0 Å². The van der Waals surface area contributed by atoms with Gasteiger partial charge in [0.1, 0.15) is 0 Å². The van der Waals surface area contributed by atoms with E-state index in [2.05, 4.69) is 12.2 Å². The highest BCUT2D eigenvalue weighted by atomic mass is 32.2. The minimum absolute atomic E-state index is 0.110. The predicted molar refractivity (Wildman–Crippen MR) is 81.8 cm³/mol. The van der Waals surface area contributed by atoms with Crippen molar-refractivity contribution in [2.45, 2.75) is 45.0 Å². The molecule has 0 saturated heterocycles. The van der Waals surface area contributed by atoms with Crippen molar-refractivity contribution in [2.75, 3.05) is 13.1 Å². The van der Waals surface area contributed by atoms with Gasteiger partial charge in [-0.05, 0) is 30.5 Å². The lowest BCUT2D eigenvalue weighted by atomic mass is 10.1. The Morgan fingerprint density at radius 3 is 2.25 bits per heavy atom. The summed E-state index contributed by atoms with van der Waals surface area (Å²) >= 11 is 0. The van der Waals surface area contributed by atoms with Crippen LogP contribution in [-0.2, 0) is 22.3 Å². The highest BCUT2D eigenvalue weighted by Gasteiger charge is 2.35. The van der Waals surface area contributed by atoms with Crippen LogP contribution in [0.3, 0.4) is 0 Å². The monoisotopic (exact) mass is 296 g/mol. The van der Waals surface area contributed by atoms with Crippen molar-refractivity contribution in [2.24, 2.45) is 0 Å². The predicted octanol–water partition coefficient (Wildman–Crippen LogP) is 2.11. The van der Waals surface area contributed by atoms with Crippen LogP contribution in [0.2, 0.25) is 0 Å². The smallest absolute Gasteiger partial charge is 0.218 e. The fourth-order valence-corrected chi connectivity index (χ4v) is 4.20. The summed E-state index contributed by atoms with van der Waals surface area (Å²) in [5, 5.41) is 3.26. The zero-order valence-corrected chi connectivity index (χ0v) is 13.1. The molecule has 2 rings (SSSR count). The Morgan fingerprint density at radius 2 is 1.75 bits per heavy atom. The third-order valence-corrected chi connectivity index (χ3v) is 5.54. The molecule has 4 nitrogen and oxygen atoms in total. The first kappa shape index (κ1) is 15.5. The van der Waals surface area contributed by atoms with Gasteiger partial charge in [0, 0.05) is 19.1 Å². The zero-order valence-electron chi connectivity index (χ0n) is 12.3. The largest absolute Gasteiger partial charge is 0.313 e. The van der Waals surface area contributed by atoms with Gasteiger partial charge in [-0.3, -0.25) is 0 Å². The molecule has 1 aliphatic carbocycles. The van der Waals surface area contributed by atoms with Crippen molar-refractivity contribution in [1.82, 2.24) is 9.62 Å². The molecule has 0 aromatic heterocycles. The Kier molecular flexibility index (Phi) is 5.18. The lowest BCUT2D eigenvalue weighted by molar-refractivity contribution is 0.420. The molecule has 112 valence electrons. The standard InChI is InChI=1S/C15H24N2O2S/c1-3-16-11-13-5-7-14(8-6-13)12-20(18,19)17(4-2)15-9-10-15/h5-8,15-16H,3-4,9-12H2,1-2H3. The Labute approximate surface area is 122 Å². The Hall–Kier alpha value is -0.910. The first-order valence-electron chi connectivity index (χ1n) is 7.35. The van der Waals surface area contributed by atoms with Crippen molar-refractivity contribution in [1.29, 1.82) is 0 Å². The molecular formula is C15H24N2O2S. The summed E-state index contributed by atoms with van der Waals surface area (Å²) in [5.41, 5.74) is 2.05. The van der Waals surface area contributed by atoms with E-state index in [0.29, 0.717) is 6.54 Å². The molecule has 0 spiro atoms. The average molecular weight is 296 g/mol. The molecule has 1 N–H and O–H groups in total. The lowest BCUT2D eigenvalue weighted by Crippen LogP contribution is -2.33. The van der Waals surface area contributed by atoms with Gasteiger partial charge in [0.25, 0.3) is 0 Å². The summed E-state index contributed by atoms with van der Waals surface area (Å²) in [5.74, 6) is 0.110. The van der Waals surface area contributed by atoms with Gasteiger partial charge in [-0.15, -0.1) is 0 Å². The van der Waals surface area contributed by atoms with E-state index in [1.165, 1.54) is 5.56 Å². The van der Waals surface area contributed by atoms with Gasteiger partial charge in [0.15, 0.2) is 0 Å². The summed E-state index contributed by atoms with van der Waals surface area (Å²) in [4.78, 5) is 0. The van der Waals surface area contributed by atoms with Gasteiger partial charge >= 0.3 is 0 Å². The van der Waals surface area contributed by atoms with E-state index in [1.807, 2.05) is 31.2 Å². The zero-order chi connectivity index (χ0) is 14.6. The third-order valence-electron chi connectivity index (χ3n) is 3.57. The van der Waals surface area contributed by atoms with Crippen LogP contribution in [-0.4, -0.2) is 31.9 Å². The number of nitrogens with one attached hydrogen (secondary N) is 1. The average Bonchev–Trinajstić information content (AvgIpc) is 3.22. The van der Waals surface area contributed by atoms with E-state index in [9.17, 15) is 8.42 Å². The quantitative estimate of drug-likeness (QED) is 0.799. The topological polar surface area (TPSA) is 49.4 Å². The molecule has 1 aliphatic rings. The van der Waals surface area contributed by atoms with E-state index in [0.717, 1.165) is 31.5 Å². The summed E-state index contributed by atoms with van der Waals surface area (Å²) in [6, 6.07) is 8.09. The Bertz CT molecular complexity index is 521. The molecular weight excluding hydrogens is 272 g/mol. The van der Waals surface area contributed by atoms with Crippen molar-refractivity contribution in [3.8, 4) is 0 Å². The lowest BCUT2D eigenvalue weighted by Gasteiger charge is -2.20. The van der Waals surface area contributed by atoms with Crippen molar-refractivity contribution in [3.05, 3.63) is 35.4 Å². The Balaban J connectivity index is 2.01. The second kappa shape index (κ2) is 6.70. The summed E-state index contributed by atoms with van der Waals surface area (Å²) in [7, 11) is -3.17. The fraction of sp³-hybridized carbons (Fsp3) is 0.600. The van der Waals surface area contributed by atoms with Gasteiger partial charge in [-0.2, -0.15) is 4.31 Å². The molecule has 5 heteroatoms. The molecule has 0 atom stereocenters. The first-order valence-corrected chi connectivity index (χ1v) is 8.95. The van der Waals surface area contributed by atoms with Crippen LogP contribution >= 0.6 is 0 Å². The van der Waals surface area contributed by atoms with E-state index in [1.54, 1.807) is 4.31 Å². The molecule has 0 heterocycles. The minimum atomic E-state index is -3.17. The summed E-state index contributed by atoms with van der Waals surface area (Å²) in [6.45, 7) is 6.31. The van der Waals surface area contributed by atoms with E-state index in [-0.39, 0.29) is 11.8 Å². The molecule has 0 radical (unpaired) electrons. The van der Waals surface area contributed by atoms with Gasteiger partial charge in [-0.1, -0.05) is 38.1 Å². The first-order chi connectivity index (χ1) is 9.56. The van der Waals surface area contributed by atoms with E-state index < -0.39 is 10.0 Å². The van der Waals surface area contributed by atoms with E-state index >= 15 is 0 Å². The van der Waals surface area contributed by atoms with Crippen LogP contribution < -0.4 is 5.32 Å². The minimum Gasteiger partial charge on any atom is -0.313 e. The fourth-order valence-electron chi connectivity index (χ4n) is 2.36. The second-order valence-electron chi connectivity index (χ2n) is 5.29. The molecule has 1 saturated carbocycles. The normalized spacial score (nSPS) is 15.8. The molecule has 1 aromatic rings. The SMILES string of the molecule is CCNCc1ccc(CS(=O)(=O)N(CC)C2CC2)cc1. The van der Waals surface area contributed by atoms with E-state index in [4.69, 9.17) is 0 Å². The number of hydrogen-bond donors (Lipinski definition) is 1. The number of sulfonamides is 1. The van der Waals surface area contributed by atoms with Crippen molar-refractivity contribution in [3.63, 3.8) is 0 Å². The third kappa shape index (κ3) is 4.04. The summed E-state index contributed by atoms with van der Waals surface area (Å²) < 4.78 is 26.4. The second-order valence-corrected chi connectivity index (χ2v) is 7.21. The molecule has 0 amide bonds. The van der Waals surface area contributed by atoms with Crippen LogP contribution in [0.15, 0.2) is 24.3 Å². The van der Waals surface area contributed by atoms with Crippen LogP contribution in [0.4, 0.5) is 0 Å². The molecule has 0 aliphatic heterocycles. The number of hydrogen-bond acceptors (Lipinski definition) is 3. The highest BCUT2D eigenvalue weighted by molar-refractivity contribution is 7.88. The van der Waals surface area contributed by atoms with Gasteiger partial charge in [0.2, 0.25) is 10.0 Å². The molecule has 20 heavy (non-hydrogen) atoms.